The van der Waals surface area contributed by atoms with E-state index in [0.29, 0.717) is 0 Å². The molecule has 1 aromatic carbocycles. The van der Waals surface area contributed by atoms with Crippen molar-refractivity contribution in [3.05, 3.63) is 42.3 Å². The van der Waals surface area contributed by atoms with E-state index in [2.05, 4.69) is 43.7 Å². The Hall–Kier alpha value is -0.261. The summed E-state index contributed by atoms with van der Waals surface area (Å²) in [5, 5.41) is 0. The Morgan fingerprint density at radius 3 is 2.36 bits per heavy atom. The first-order valence-electron chi connectivity index (χ1n) is 3.75. The van der Waals surface area contributed by atoms with Crippen LogP contribution in [0.25, 0.3) is 0 Å². The summed E-state index contributed by atoms with van der Waals surface area (Å²) in [6.07, 6.45) is 4.56. The molecule has 0 aliphatic heterocycles. The van der Waals surface area contributed by atoms with Crippen molar-refractivity contribution in [3.63, 3.8) is 0 Å². The molecule has 0 N–H and O–H groups in total. The molecule has 0 saturated heterocycles. The van der Waals surface area contributed by atoms with E-state index in [1.165, 1.54) is 18.4 Å². The Kier molecular flexibility index (Phi) is 6.30. The van der Waals surface area contributed by atoms with Gasteiger partial charge in [-0.05, 0) is 0 Å². The minimum atomic E-state index is 0. The summed E-state index contributed by atoms with van der Waals surface area (Å²) in [6, 6.07) is 10.6. The van der Waals surface area contributed by atoms with Crippen LogP contribution in [0.15, 0.2) is 30.3 Å². The number of hydrogen-bond donors (Lipinski definition) is 0. The van der Waals surface area contributed by atoms with Crippen molar-refractivity contribution < 1.29 is 17.1 Å². The third kappa shape index (κ3) is 4.23. The van der Waals surface area contributed by atoms with Gasteiger partial charge in [0.05, 0.1) is 0 Å². The van der Waals surface area contributed by atoms with E-state index in [1.807, 2.05) is 0 Å². The summed E-state index contributed by atoms with van der Waals surface area (Å²) in [5.74, 6) is 0. The van der Waals surface area contributed by atoms with E-state index >= 15 is 0 Å². The summed E-state index contributed by atoms with van der Waals surface area (Å²) in [5.41, 5.74) is 1.43. The zero-order valence-corrected chi connectivity index (χ0v) is 7.62. The number of benzene rings is 1. The average molecular weight is 197 g/mol. The maximum absolute atomic E-state index is 2.20. The molecule has 0 radical (unpaired) electrons. The van der Waals surface area contributed by atoms with E-state index in [4.69, 9.17) is 0 Å². The number of rotatable bonds is 3. The van der Waals surface area contributed by atoms with Crippen LogP contribution in [0.5, 0.6) is 0 Å². The van der Waals surface area contributed by atoms with Crippen LogP contribution in [0.3, 0.4) is 0 Å². The van der Waals surface area contributed by atoms with Gasteiger partial charge >= 0.3 is 17.1 Å². The molecular weight excluding hydrogens is 184 g/mol. The van der Waals surface area contributed by atoms with Gasteiger partial charge in [0.15, 0.2) is 0 Å². The van der Waals surface area contributed by atoms with Crippen LogP contribution in [0.2, 0.25) is 0 Å². The molecule has 0 aromatic heterocycles. The minimum Gasteiger partial charge on any atom is -0.331 e. The number of unbranched alkanes of at least 4 members (excludes halogenated alkanes) is 1. The molecule has 0 heterocycles. The smallest absolute Gasteiger partial charge is 0.331 e. The van der Waals surface area contributed by atoms with Crippen molar-refractivity contribution in [2.75, 3.05) is 0 Å². The Bertz CT molecular complexity index is 169. The normalized spacial score (nSPS) is 8.82. The summed E-state index contributed by atoms with van der Waals surface area (Å²) in [6.45, 7) is 2.10. The second-order valence-electron chi connectivity index (χ2n) is 2.43. The van der Waals surface area contributed by atoms with E-state index in [9.17, 15) is 0 Å². The predicted octanol–water partition coefficient (Wildman–Crippen LogP) is 2.84. The van der Waals surface area contributed by atoms with Gasteiger partial charge in [0.1, 0.15) is 0 Å². The molecule has 64 valence electrons. The van der Waals surface area contributed by atoms with Crippen LogP contribution in [-0.2, 0) is 23.5 Å². The van der Waals surface area contributed by atoms with Crippen LogP contribution in [0, 0.1) is 6.42 Å². The second kappa shape index (κ2) is 6.45. The van der Waals surface area contributed by atoms with E-state index in [0.717, 1.165) is 0 Å². The molecule has 0 fully saturated rings. The molecule has 0 aliphatic carbocycles. The minimum absolute atomic E-state index is 0. The van der Waals surface area contributed by atoms with Gasteiger partial charge in [-0.2, -0.15) is 13.3 Å². The maximum Gasteiger partial charge on any atom is 1.00 e. The van der Waals surface area contributed by atoms with Crippen LogP contribution >= 0.6 is 0 Å². The SMILES string of the molecule is C[CH-]CCc1ccccc1.[Cu+]. The van der Waals surface area contributed by atoms with Crippen LogP contribution in [-0.4, -0.2) is 0 Å². The van der Waals surface area contributed by atoms with Gasteiger partial charge in [0.25, 0.3) is 0 Å². The maximum atomic E-state index is 2.20. The first kappa shape index (κ1) is 10.7. The van der Waals surface area contributed by atoms with Crippen molar-refractivity contribution in [3.8, 4) is 0 Å². The van der Waals surface area contributed by atoms with Crippen molar-refractivity contribution in [2.45, 2.75) is 19.8 Å². The predicted molar refractivity (Wildman–Crippen MR) is 44.7 cm³/mol. The van der Waals surface area contributed by atoms with E-state index in [1.54, 1.807) is 0 Å². The fourth-order valence-electron chi connectivity index (χ4n) is 0.956. The van der Waals surface area contributed by atoms with Gasteiger partial charge in [-0.25, -0.2) is 0 Å². The fraction of sp³-hybridized carbons (Fsp3) is 0.300. The van der Waals surface area contributed by atoms with Gasteiger partial charge in [-0.1, -0.05) is 42.3 Å². The quantitative estimate of drug-likeness (QED) is 0.515. The molecule has 0 unspecified atom stereocenters. The monoisotopic (exact) mass is 196 g/mol. The van der Waals surface area contributed by atoms with Gasteiger partial charge < -0.3 is 6.42 Å². The van der Waals surface area contributed by atoms with Crippen molar-refractivity contribution in [1.82, 2.24) is 0 Å². The molecule has 0 bridgehead atoms. The summed E-state index contributed by atoms with van der Waals surface area (Å²) >= 11 is 0. The summed E-state index contributed by atoms with van der Waals surface area (Å²) in [7, 11) is 0. The van der Waals surface area contributed by atoms with Crippen LogP contribution in [0.4, 0.5) is 0 Å². The standard InChI is InChI=1S/C10H13.Cu/c1-2-3-7-10-8-5-4-6-9-10;/h2,4-6,8-9H,3,7H2,1H3;/q-1;+1. The van der Waals surface area contributed by atoms with Gasteiger partial charge in [0, 0.05) is 0 Å². The van der Waals surface area contributed by atoms with Gasteiger partial charge in [-0.3, -0.25) is 0 Å². The molecule has 0 nitrogen and oxygen atoms in total. The third-order valence-corrected chi connectivity index (χ3v) is 1.56. The van der Waals surface area contributed by atoms with Crippen molar-refractivity contribution in [2.24, 2.45) is 0 Å². The fourth-order valence-corrected chi connectivity index (χ4v) is 0.956. The second-order valence-corrected chi connectivity index (χ2v) is 2.43. The van der Waals surface area contributed by atoms with Crippen molar-refractivity contribution in [1.29, 1.82) is 0 Å². The largest absolute Gasteiger partial charge is 1.00 e. The molecule has 1 rings (SSSR count). The topological polar surface area (TPSA) is 0 Å². The molecule has 0 amide bonds. The van der Waals surface area contributed by atoms with Gasteiger partial charge in [-0.15, -0.1) is 0 Å². The average Bonchev–Trinajstić information content (AvgIpc) is 2.03. The zero-order chi connectivity index (χ0) is 7.23. The first-order chi connectivity index (χ1) is 4.93. The molecule has 1 aromatic rings. The van der Waals surface area contributed by atoms with E-state index in [-0.39, 0.29) is 17.1 Å². The van der Waals surface area contributed by atoms with Gasteiger partial charge in [0.2, 0.25) is 0 Å². The Morgan fingerprint density at radius 1 is 1.18 bits per heavy atom. The van der Waals surface area contributed by atoms with E-state index < -0.39 is 0 Å². The molecule has 0 spiro atoms. The first-order valence-corrected chi connectivity index (χ1v) is 3.75. The van der Waals surface area contributed by atoms with Crippen LogP contribution in [0.1, 0.15) is 18.9 Å². The third-order valence-electron chi connectivity index (χ3n) is 1.56. The van der Waals surface area contributed by atoms with Crippen molar-refractivity contribution >= 4 is 0 Å². The molecule has 0 saturated carbocycles. The Balaban J connectivity index is 0.000001000. The molecule has 1 heteroatoms. The summed E-state index contributed by atoms with van der Waals surface area (Å²) in [4.78, 5) is 0. The Morgan fingerprint density at radius 2 is 1.82 bits per heavy atom. The zero-order valence-electron chi connectivity index (χ0n) is 6.68. The molecular formula is C10H13Cu. The number of hydrogen-bond acceptors (Lipinski definition) is 0. The molecule has 0 atom stereocenters. The molecule has 11 heavy (non-hydrogen) atoms. The van der Waals surface area contributed by atoms with Crippen LogP contribution < -0.4 is 0 Å². The molecule has 0 aliphatic rings. The Labute approximate surface area is 79.5 Å². The summed E-state index contributed by atoms with van der Waals surface area (Å²) < 4.78 is 0. The number of aryl methyl sites for hydroxylation is 1.